The number of hydrogen-bond donors (Lipinski definition) is 1. The van der Waals surface area contributed by atoms with Gasteiger partial charge in [0.1, 0.15) is 0 Å². The van der Waals surface area contributed by atoms with Crippen LogP contribution in [0.1, 0.15) is 11.1 Å². The highest BCUT2D eigenvalue weighted by Crippen LogP contribution is 2.35. The third-order valence-corrected chi connectivity index (χ3v) is 4.64. The maximum Gasteiger partial charge on any atom is 0.246 e. The van der Waals surface area contributed by atoms with Crippen molar-refractivity contribution >= 4 is 34.3 Å². The van der Waals surface area contributed by atoms with E-state index in [1.807, 2.05) is 59.0 Å². The lowest BCUT2D eigenvalue weighted by atomic mass is 10.1. The molecule has 126 valence electrons. The standard InChI is InChI=1S/C19H17ClN4O/c1-23(2)18(25)15(20)17-16(12-8-4-3-5-9-12)22-19-21-13-10-6-7-11-14(13)24(17)19/h3-11,15H,1-2H3,(H,21,22). The van der Waals surface area contributed by atoms with Crippen molar-refractivity contribution in [1.29, 1.82) is 0 Å². The van der Waals surface area contributed by atoms with Crippen molar-refractivity contribution in [3.8, 4) is 11.3 Å². The van der Waals surface area contributed by atoms with E-state index in [4.69, 9.17) is 16.6 Å². The maximum absolute atomic E-state index is 12.6. The van der Waals surface area contributed by atoms with Gasteiger partial charge in [-0.25, -0.2) is 4.98 Å². The van der Waals surface area contributed by atoms with Crippen LogP contribution in [0.2, 0.25) is 0 Å². The van der Waals surface area contributed by atoms with E-state index in [0.29, 0.717) is 17.2 Å². The number of fused-ring (bicyclic) bond motifs is 3. The van der Waals surface area contributed by atoms with E-state index in [2.05, 4.69) is 4.98 Å². The highest BCUT2D eigenvalue weighted by atomic mass is 35.5. The van der Waals surface area contributed by atoms with Crippen LogP contribution in [0.5, 0.6) is 0 Å². The molecule has 0 saturated heterocycles. The van der Waals surface area contributed by atoms with Crippen LogP contribution in [0.4, 0.5) is 0 Å². The molecule has 2 heterocycles. The van der Waals surface area contributed by atoms with E-state index in [0.717, 1.165) is 16.6 Å². The van der Waals surface area contributed by atoms with Gasteiger partial charge in [-0.15, -0.1) is 11.6 Å². The number of aromatic nitrogens is 3. The quantitative estimate of drug-likeness (QED) is 0.569. The Morgan fingerprint density at radius 1 is 1.12 bits per heavy atom. The number of H-pyrrole nitrogens is 1. The van der Waals surface area contributed by atoms with Crippen molar-refractivity contribution in [2.45, 2.75) is 5.38 Å². The van der Waals surface area contributed by atoms with Crippen LogP contribution in [-0.4, -0.2) is 39.3 Å². The molecule has 2 aromatic carbocycles. The molecule has 4 rings (SSSR count). The Labute approximate surface area is 149 Å². The van der Waals surface area contributed by atoms with E-state index in [1.165, 1.54) is 4.90 Å². The molecule has 0 aliphatic heterocycles. The first kappa shape index (κ1) is 15.7. The van der Waals surface area contributed by atoms with E-state index in [-0.39, 0.29) is 5.91 Å². The summed E-state index contributed by atoms with van der Waals surface area (Å²) >= 11 is 6.62. The molecule has 0 saturated carbocycles. The number of amides is 1. The van der Waals surface area contributed by atoms with Crippen LogP contribution in [0, 0.1) is 0 Å². The normalized spacial score (nSPS) is 12.6. The van der Waals surface area contributed by atoms with Crippen molar-refractivity contribution < 1.29 is 4.79 Å². The van der Waals surface area contributed by atoms with Crippen LogP contribution in [-0.2, 0) is 4.79 Å². The lowest BCUT2D eigenvalue weighted by Crippen LogP contribution is -2.26. The predicted octanol–water partition coefficient (Wildman–Crippen LogP) is 3.85. The Balaban J connectivity index is 2.05. The van der Waals surface area contributed by atoms with Gasteiger partial charge in [0, 0.05) is 19.7 Å². The Hall–Kier alpha value is -2.79. The molecule has 0 aliphatic rings. The Morgan fingerprint density at radius 2 is 1.80 bits per heavy atom. The van der Waals surface area contributed by atoms with Crippen LogP contribution < -0.4 is 0 Å². The summed E-state index contributed by atoms with van der Waals surface area (Å²) in [7, 11) is 3.40. The van der Waals surface area contributed by atoms with Crippen molar-refractivity contribution in [2.75, 3.05) is 14.1 Å². The second kappa shape index (κ2) is 5.93. The number of nitrogens with zero attached hydrogens (tertiary/aromatic N) is 3. The molecule has 1 N–H and O–H groups in total. The van der Waals surface area contributed by atoms with Crippen molar-refractivity contribution in [2.24, 2.45) is 0 Å². The molecular weight excluding hydrogens is 336 g/mol. The number of rotatable bonds is 3. The van der Waals surface area contributed by atoms with Gasteiger partial charge in [-0.1, -0.05) is 42.5 Å². The minimum absolute atomic E-state index is 0.175. The summed E-state index contributed by atoms with van der Waals surface area (Å²) in [6.45, 7) is 0. The maximum atomic E-state index is 12.6. The molecule has 6 heteroatoms. The lowest BCUT2D eigenvalue weighted by molar-refractivity contribution is -0.128. The van der Waals surface area contributed by atoms with E-state index in [9.17, 15) is 4.79 Å². The Kier molecular flexibility index (Phi) is 3.73. The molecule has 25 heavy (non-hydrogen) atoms. The molecule has 0 radical (unpaired) electrons. The highest BCUT2D eigenvalue weighted by Gasteiger charge is 2.29. The number of nitrogens with one attached hydrogen (secondary N) is 1. The zero-order valence-corrected chi connectivity index (χ0v) is 14.7. The van der Waals surface area contributed by atoms with Crippen LogP contribution in [0.15, 0.2) is 54.6 Å². The van der Waals surface area contributed by atoms with Crippen molar-refractivity contribution in [1.82, 2.24) is 19.3 Å². The summed E-state index contributed by atoms with van der Waals surface area (Å²) in [6.07, 6.45) is 0. The number of carbonyl (C=O) groups is 1. The average Bonchev–Trinajstić information content (AvgIpc) is 3.17. The number of carbonyl (C=O) groups excluding carboxylic acids is 1. The number of hydrogen-bond acceptors (Lipinski definition) is 2. The van der Waals surface area contributed by atoms with Gasteiger partial charge < -0.3 is 9.88 Å². The molecule has 0 aliphatic carbocycles. The summed E-state index contributed by atoms with van der Waals surface area (Å²) in [6, 6.07) is 17.7. The summed E-state index contributed by atoms with van der Waals surface area (Å²) in [4.78, 5) is 22.1. The Morgan fingerprint density at radius 3 is 2.52 bits per heavy atom. The zero-order valence-electron chi connectivity index (χ0n) is 13.9. The second-order valence-electron chi connectivity index (χ2n) is 6.11. The molecule has 1 amide bonds. The third-order valence-electron chi connectivity index (χ3n) is 4.25. The number of imidazole rings is 2. The first-order valence-electron chi connectivity index (χ1n) is 7.97. The monoisotopic (exact) mass is 352 g/mol. The summed E-state index contributed by atoms with van der Waals surface area (Å²) in [5.74, 6) is 0.498. The molecule has 2 aromatic heterocycles. The largest absolute Gasteiger partial charge is 0.347 e. The fourth-order valence-corrected chi connectivity index (χ4v) is 3.44. The number of aromatic amines is 1. The van der Waals surface area contributed by atoms with Gasteiger partial charge in [0.2, 0.25) is 11.7 Å². The smallest absolute Gasteiger partial charge is 0.246 e. The van der Waals surface area contributed by atoms with Crippen LogP contribution in [0.3, 0.4) is 0 Å². The number of benzene rings is 2. The van der Waals surface area contributed by atoms with Gasteiger partial charge in [0.25, 0.3) is 0 Å². The average molecular weight is 353 g/mol. The Bertz CT molecular complexity index is 1070. The van der Waals surface area contributed by atoms with Gasteiger partial charge in [-0.2, -0.15) is 0 Å². The first-order valence-corrected chi connectivity index (χ1v) is 8.41. The molecular formula is C19H17ClN4O. The minimum Gasteiger partial charge on any atom is -0.347 e. The molecule has 0 spiro atoms. The van der Waals surface area contributed by atoms with Crippen LogP contribution in [0.25, 0.3) is 28.1 Å². The fourth-order valence-electron chi connectivity index (χ4n) is 3.04. The highest BCUT2D eigenvalue weighted by molar-refractivity contribution is 6.31. The third kappa shape index (κ3) is 2.48. The SMILES string of the molecule is CN(C)C(=O)C(Cl)c1c(-c2ccccc2)nc2[nH]c3ccccc3n12. The van der Waals surface area contributed by atoms with E-state index < -0.39 is 5.38 Å². The van der Waals surface area contributed by atoms with Crippen molar-refractivity contribution in [3.63, 3.8) is 0 Å². The number of alkyl halides is 1. The molecule has 1 unspecified atom stereocenters. The lowest BCUT2D eigenvalue weighted by Gasteiger charge is -2.16. The molecule has 0 bridgehead atoms. The van der Waals surface area contributed by atoms with Crippen molar-refractivity contribution in [3.05, 3.63) is 60.3 Å². The van der Waals surface area contributed by atoms with Gasteiger partial charge in [-0.3, -0.25) is 9.20 Å². The number of halogens is 1. The van der Waals surface area contributed by atoms with Crippen LogP contribution >= 0.6 is 11.6 Å². The summed E-state index contributed by atoms with van der Waals surface area (Å²) in [5, 5.41) is -0.834. The summed E-state index contributed by atoms with van der Waals surface area (Å²) in [5.41, 5.74) is 4.22. The number of para-hydroxylation sites is 2. The topological polar surface area (TPSA) is 53.4 Å². The first-order chi connectivity index (χ1) is 12.1. The van der Waals surface area contributed by atoms with Gasteiger partial charge in [-0.05, 0) is 12.1 Å². The fraction of sp³-hybridized carbons (Fsp3) is 0.158. The summed E-state index contributed by atoms with van der Waals surface area (Å²) < 4.78 is 1.94. The molecule has 4 aromatic rings. The zero-order chi connectivity index (χ0) is 17.6. The second-order valence-corrected chi connectivity index (χ2v) is 6.54. The van der Waals surface area contributed by atoms with Gasteiger partial charge in [0.15, 0.2) is 5.38 Å². The predicted molar refractivity (Wildman–Crippen MR) is 99.8 cm³/mol. The van der Waals surface area contributed by atoms with Gasteiger partial charge in [0.05, 0.1) is 22.4 Å². The van der Waals surface area contributed by atoms with Gasteiger partial charge >= 0.3 is 0 Å². The molecule has 5 nitrogen and oxygen atoms in total. The minimum atomic E-state index is -0.834. The number of likely N-dealkylation sites (N-methyl/N-ethyl adjacent to an activating group) is 1. The molecule has 0 fully saturated rings. The van der Waals surface area contributed by atoms with E-state index in [1.54, 1.807) is 14.1 Å². The molecule has 1 atom stereocenters. The van der Waals surface area contributed by atoms with E-state index >= 15 is 0 Å².